The number of fused-ring (bicyclic) bond motifs is 10. The van der Waals surface area contributed by atoms with E-state index < -0.39 is 48.8 Å². The third-order valence-corrected chi connectivity index (χ3v) is 7.18. The lowest BCUT2D eigenvalue weighted by Gasteiger charge is -2.19. The molecular weight excluding hydrogens is 674 g/mol. The summed E-state index contributed by atoms with van der Waals surface area (Å²) in [6, 6.07) is 10.2. The van der Waals surface area contributed by atoms with Crippen molar-refractivity contribution < 1.29 is 46.9 Å². The van der Waals surface area contributed by atoms with E-state index in [4.69, 9.17) is 18.9 Å². The van der Waals surface area contributed by atoms with Crippen molar-refractivity contribution in [3.05, 3.63) is 53.6 Å². The highest BCUT2D eigenvalue weighted by Crippen LogP contribution is 2.27. The van der Waals surface area contributed by atoms with Crippen LogP contribution >= 0.6 is 0 Å². The van der Waals surface area contributed by atoms with E-state index in [-0.39, 0.29) is 42.4 Å². The SMILES string of the molecule is CNC(=O)C(=O)NC[C@H](NC(=O)c1ccc2cc1OCCCCCCOc1ccc(cc1)CNc1nc(nc(OCC(C)(F)F)n1)N2)C(=O)OC. The van der Waals surface area contributed by atoms with Gasteiger partial charge in [0.25, 0.3) is 11.8 Å². The number of hydrogen-bond donors (Lipinski definition) is 5. The van der Waals surface area contributed by atoms with Gasteiger partial charge in [0.1, 0.15) is 17.5 Å². The van der Waals surface area contributed by atoms with Gasteiger partial charge in [0.2, 0.25) is 11.9 Å². The zero-order valence-corrected chi connectivity index (χ0v) is 28.3. The fourth-order valence-electron chi connectivity index (χ4n) is 4.56. The summed E-state index contributed by atoms with van der Waals surface area (Å²) in [4.78, 5) is 62.1. The van der Waals surface area contributed by atoms with Crippen LogP contribution in [0.1, 0.15) is 48.5 Å². The molecule has 0 unspecified atom stereocenters. The smallest absolute Gasteiger partial charge is 0.330 e. The average Bonchev–Trinajstić information content (AvgIpc) is 3.11. The molecule has 0 aliphatic carbocycles. The number of carbonyl (C=O) groups excluding carboxylic acids is 4. The van der Waals surface area contributed by atoms with E-state index in [9.17, 15) is 28.0 Å². The minimum Gasteiger partial charge on any atom is -0.494 e. The zero-order chi connectivity index (χ0) is 36.8. The first-order valence-electron chi connectivity index (χ1n) is 16.1. The Kier molecular flexibility index (Phi) is 13.6. The molecular formula is C33H40F2N8O8. The molecule has 2 aliphatic heterocycles. The predicted octanol–water partition coefficient (Wildman–Crippen LogP) is 2.73. The summed E-state index contributed by atoms with van der Waals surface area (Å²) in [5.41, 5.74) is 1.27. The van der Waals surface area contributed by atoms with Crippen LogP contribution < -0.4 is 40.8 Å². The van der Waals surface area contributed by atoms with Crippen molar-refractivity contribution in [1.82, 2.24) is 30.9 Å². The number of anilines is 3. The lowest BCUT2D eigenvalue weighted by Crippen LogP contribution is -2.51. The second kappa shape index (κ2) is 18.3. The molecule has 16 nitrogen and oxygen atoms in total. The summed E-state index contributed by atoms with van der Waals surface area (Å²) in [5, 5.41) is 13.0. The molecule has 51 heavy (non-hydrogen) atoms. The minimum absolute atomic E-state index is 0.0376. The van der Waals surface area contributed by atoms with Gasteiger partial charge in [-0.2, -0.15) is 15.0 Å². The van der Waals surface area contributed by atoms with E-state index in [0.29, 0.717) is 31.4 Å². The van der Waals surface area contributed by atoms with Crippen LogP contribution in [-0.2, 0) is 25.7 Å². The number of halogens is 2. The number of amides is 3. The summed E-state index contributed by atoms with van der Waals surface area (Å²) < 4.78 is 49.1. The van der Waals surface area contributed by atoms with Crippen molar-refractivity contribution in [1.29, 1.82) is 0 Å². The van der Waals surface area contributed by atoms with Crippen molar-refractivity contribution in [3.8, 4) is 17.5 Å². The quantitative estimate of drug-likeness (QED) is 0.169. The Morgan fingerprint density at radius 3 is 2.33 bits per heavy atom. The molecule has 3 aromatic rings. The number of ether oxygens (including phenoxy) is 4. The van der Waals surface area contributed by atoms with Crippen molar-refractivity contribution >= 4 is 41.3 Å². The molecule has 0 saturated carbocycles. The fraction of sp³-hybridized carbons (Fsp3) is 0.424. The average molecular weight is 715 g/mol. The van der Waals surface area contributed by atoms with Crippen molar-refractivity contribution in [2.45, 2.75) is 51.1 Å². The van der Waals surface area contributed by atoms with Crippen LogP contribution in [-0.4, -0.2) is 91.1 Å². The highest BCUT2D eigenvalue weighted by molar-refractivity contribution is 6.35. The Hall–Kier alpha value is -5.81. The first-order valence-corrected chi connectivity index (χ1v) is 16.1. The van der Waals surface area contributed by atoms with E-state index in [0.717, 1.165) is 31.9 Å². The number of nitrogens with one attached hydrogen (secondary N) is 5. The monoisotopic (exact) mass is 714 g/mol. The number of nitrogens with zero attached hydrogens (tertiary/aromatic N) is 3. The lowest BCUT2D eigenvalue weighted by atomic mass is 10.1. The van der Waals surface area contributed by atoms with Gasteiger partial charge in [0.15, 0.2) is 6.61 Å². The van der Waals surface area contributed by atoms with Gasteiger partial charge >= 0.3 is 23.8 Å². The normalized spacial score (nSPS) is 14.1. The van der Waals surface area contributed by atoms with Gasteiger partial charge in [-0.15, -0.1) is 0 Å². The number of esters is 1. The molecule has 5 rings (SSSR count). The Morgan fingerprint density at radius 1 is 0.941 bits per heavy atom. The Morgan fingerprint density at radius 2 is 1.65 bits per heavy atom. The molecule has 0 spiro atoms. The van der Waals surface area contributed by atoms with Gasteiger partial charge in [-0.25, -0.2) is 13.6 Å². The van der Waals surface area contributed by atoms with Gasteiger partial charge in [0, 0.05) is 38.8 Å². The maximum atomic E-state index is 13.6. The van der Waals surface area contributed by atoms with Crippen LogP contribution in [0.2, 0.25) is 0 Å². The molecule has 3 heterocycles. The Labute approximate surface area is 292 Å². The van der Waals surface area contributed by atoms with Crippen LogP contribution in [0.15, 0.2) is 42.5 Å². The van der Waals surface area contributed by atoms with E-state index in [1.54, 1.807) is 0 Å². The second-order valence-electron chi connectivity index (χ2n) is 11.4. The molecule has 18 heteroatoms. The molecule has 5 N–H and O–H groups in total. The number of methoxy groups -OCH3 is 1. The standard InChI is InChI=1S/C33H40F2N8O8/c1-33(34,35)19-51-32-42-30-38-17-20-8-11-22(12-9-20)49-14-6-4-5-7-15-50-25-16-21(39-31(41-30)43-32)10-13-23(25)26(44)40-24(29(47)48-3)18-37-28(46)27(45)36-2/h8-13,16,24H,4-7,14-15,17-19H2,1-3H3,(H,36,45)(H,37,46)(H,40,44)(H2,38,39,41,42,43)/t24-/m0/s1. The number of likely N-dealkylation sites (N-methyl/N-ethyl adjacent to an activating group) is 1. The van der Waals surface area contributed by atoms with Crippen LogP contribution in [0.3, 0.4) is 0 Å². The molecule has 0 radical (unpaired) electrons. The van der Waals surface area contributed by atoms with E-state index in [1.807, 2.05) is 24.3 Å². The van der Waals surface area contributed by atoms with Crippen molar-refractivity contribution in [2.24, 2.45) is 0 Å². The van der Waals surface area contributed by atoms with Crippen molar-refractivity contribution in [3.63, 3.8) is 0 Å². The molecule has 6 bridgehead atoms. The summed E-state index contributed by atoms with van der Waals surface area (Å²) in [5.74, 6) is -5.87. The fourth-order valence-corrected chi connectivity index (χ4v) is 4.56. The maximum absolute atomic E-state index is 13.6. The number of rotatable bonds is 8. The zero-order valence-electron chi connectivity index (χ0n) is 28.3. The third kappa shape index (κ3) is 12.2. The van der Waals surface area contributed by atoms with Crippen LogP contribution in [0.5, 0.6) is 17.5 Å². The van der Waals surface area contributed by atoms with E-state index >= 15 is 0 Å². The lowest BCUT2D eigenvalue weighted by molar-refractivity contribution is -0.143. The molecule has 0 saturated heterocycles. The second-order valence-corrected chi connectivity index (χ2v) is 11.4. The number of hydrogen-bond acceptors (Lipinski definition) is 13. The van der Waals surface area contributed by atoms with Crippen molar-refractivity contribution in [2.75, 3.05) is 51.2 Å². The molecule has 2 aromatic carbocycles. The third-order valence-electron chi connectivity index (χ3n) is 7.18. The van der Waals surface area contributed by atoms with Gasteiger partial charge in [-0.3, -0.25) is 14.4 Å². The summed E-state index contributed by atoms with van der Waals surface area (Å²) in [6.45, 7) is 0.345. The molecule has 2 aliphatic rings. The first-order chi connectivity index (χ1) is 24.4. The number of carbonyl (C=O) groups is 4. The van der Waals surface area contributed by atoms with E-state index in [1.165, 1.54) is 25.2 Å². The summed E-state index contributed by atoms with van der Waals surface area (Å²) in [6.07, 6.45) is 3.15. The van der Waals surface area contributed by atoms with Crippen LogP contribution in [0.25, 0.3) is 0 Å². The maximum Gasteiger partial charge on any atom is 0.330 e. The minimum atomic E-state index is -3.15. The Bertz CT molecular complexity index is 1670. The highest BCUT2D eigenvalue weighted by atomic mass is 19.3. The van der Waals surface area contributed by atoms with Gasteiger partial charge < -0.3 is 45.5 Å². The number of benzene rings is 2. The molecule has 1 aromatic heterocycles. The number of alkyl halides is 2. The Balaban J connectivity index is 1.62. The van der Waals surface area contributed by atoms with E-state index in [2.05, 4.69) is 41.5 Å². The molecule has 274 valence electrons. The molecule has 3 amide bonds. The molecule has 1 atom stereocenters. The first kappa shape index (κ1) is 38.0. The molecule has 0 fully saturated rings. The topological polar surface area (TPSA) is 204 Å². The summed E-state index contributed by atoms with van der Waals surface area (Å²) >= 11 is 0. The van der Waals surface area contributed by atoms with Gasteiger partial charge in [0.05, 0.1) is 25.9 Å². The van der Waals surface area contributed by atoms with Gasteiger partial charge in [-0.05, 0) is 55.5 Å². The highest BCUT2D eigenvalue weighted by Gasteiger charge is 2.26. The van der Waals surface area contributed by atoms with Gasteiger partial charge in [-0.1, -0.05) is 12.1 Å². The van der Waals surface area contributed by atoms with Crippen LogP contribution in [0, 0.1) is 0 Å². The predicted molar refractivity (Wildman–Crippen MR) is 179 cm³/mol. The largest absolute Gasteiger partial charge is 0.494 e. The summed E-state index contributed by atoms with van der Waals surface area (Å²) in [7, 11) is 2.38. The van der Waals surface area contributed by atoms with Crippen LogP contribution in [0.4, 0.5) is 26.4 Å². The number of aromatic nitrogens is 3.